The summed E-state index contributed by atoms with van der Waals surface area (Å²) in [4.78, 5) is 12.8. The number of benzene rings is 2. The first-order valence-electron chi connectivity index (χ1n) is 10.0. The molecule has 0 saturated carbocycles. The summed E-state index contributed by atoms with van der Waals surface area (Å²) in [5, 5.41) is 12.1. The molecule has 0 aliphatic rings. The lowest BCUT2D eigenvalue weighted by atomic mass is 10.2. The number of aromatic nitrogens is 4. The largest absolute Gasteiger partial charge is 0.470 e. The molecule has 0 saturated heterocycles. The Morgan fingerprint density at radius 3 is 2.76 bits per heavy atom. The molecule has 0 unspecified atom stereocenters. The van der Waals surface area contributed by atoms with E-state index in [9.17, 15) is 9.18 Å². The Balaban J connectivity index is 1.42. The van der Waals surface area contributed by atoms with Crippen molar-refractivity contribution in [3.8, 4) is 5.75 Å². The fraction of sp³-hybridized carbons (Fsp3) is 0.174. The standard InChI is InChI=1S/C23H20BrClFN5O2/c1-14-22(15(2)31(28-14)12-16-4-3-5-18(26)10-16)27-23(32)20-8-9-30(29-20)13-33-21-7-6-17(24)11-19(21)25/h3-11H,12-13H2,1-2H3,(H,27,32). The first-order chi connectivity index (χ1) is 15.8. The number of rotatable bonds is 7. The maximum Gasteiger partial charge on any atom is 0.276 e. The number of anilines is 1. The Hall–Kier alpha value is -3.17. The van der Waals surface area contributed by atoms with E-state index in [1.54, 1.807) is 42.1 Å². The van der Waals surface area contributed by atoms with Crippen molar-refractivity contribution in [1.82, 2.24) is 19.6 Å². The van der Waals surface area contributed by atoms with Gasteiger partial charge < -0.3 is 10.1 Å². The predicted molar refractivity (Wildman–Crippen MR) is 127 cm³/mol. The van der Waals surface area contributed by atoms with E-state index in [0.717, 1.165) is 15.7 Å². The van der Waals surface area contributed by atoms with Gasteiger partial charge in [-0.15, -0.1) is 0 Å². The van der Waals surface area contributed by atoms with E-state index >= 15 is 0 Å². The second kappa shape index (κ2) is 9.76. The van der Waals surface area contributed by atoms with Crippen LogP contribution in [0.1, 0.15) is 27.4 Å². The van der Waals surface area contributed by atoms with Crippen LogP contribution in [0.25, 0.3) is 0 Å². The molecule has 33 heavy (non-hydrogen) atoms. The Labute approximate surface area is 203 Å². The molecule has 170 valence electrons. The van der Waals surface area contributed by atoms with Gasteiger partial charge in [-0.1, -0.05) is 39.7 Å². The third kappa shape index (κ3) is 5.43. The summed E-state index contributed by atoms with van der Waals surface area (Å²) >= 11 is 9.50. The van der Waals surface area contributed by atoms with E-state index in [0.29, 0.717) is 28.7 Å². The number of hydrogen-bond acceptors (Lipinski definition) is 4. The molecule has 1 amide bonds. The van der Waals surface area contributed by atoms with Gasteiger partial charge in [0.15, 0.2) is 12.4 Å². The Bertz CT molecular complexity index is 1320. The highest BCUT2D eigenvalue weighted by Crippen LogP contribution is 2.28. The van der Waals surface area contributed by atoms with E-state index in [4.69, 9.17) is 16.3 Å². The number of halogens is 3. The van der Waals surface area contributed by atoms with E-state index in [1.165, 1.54) is 16.8 Å². The second-order valence-electron chi connectivity index (χ2n) is 7.38. The highest BCUT2D eigenvalue weighted by Gasteiger charge is 2.17. The van der Waals surface area contributed by atoms with Gasteiger partial charge in [0.2, 0.25) is 0 Å². The summed E-state index contributed by atoms with van der Waals surface area (Å²) in [6, 6.07) is 13.2. The molecule has 2 heterocycles. The quantitative estimate of drug-likeness (QED) is 0.337. The minimum atomic E-state index is -0.369. The molecule has 0 atom stereocenters. The molecule has 0 aliphatic heterocycles. The topological polar surface area (TPSA) is 74.0 Å². The number of nitrogens with one attached hydrogen (secondary N) is 1. The number of carbonyl (C=O) groups excluding carboxylic acids is 1. The van der Waals surface area contributed by atoms with Crippen LogP contribution in [0.4, 0.5) is 10.1 Å². The molecule has 0 aliphatic carbocycles. The van der Waals surface area contributed by atoms with Gasteiger partial charge in [0, 0.05) is 10.7 Å². The highest BCUT2D eigenvalue weighted by atomic mass is 79.9. The lowest BCUT2D eigenvalue weighted by Gasteiger charge is -2.08. The van der Waals surface area contributed by atoms with Crippen molar-refractivity contribution in [3.05, 3.63) is 92.7 Å². The lowest BCUT2D eigenvalue weighted by molar-refractivity contribution is 0.102. The van der Waals surface area contributed by atoms with Gasteiger partial charge >= 0.3 is 0 Å². The summed E-state index contributed by atoms with van der Waals surface area (Å²) in [5.74, 6) is -0.158. The van der Waals surface area contributed by atoms with Crippen LogP contribution in [0.3, 0.4) is 0 Å². The van der Waals surface area contributed by atoms with Crippen molar-refractivity contribution < 1.29 is 13.9 Å². The lowest BCUT2D eigenvalue weighted by Crippen LogP contribution is -2.15. The molecule has 10 heteroatoms. The zero-order valence-electron chi connectivity index (χ0n) is 17.8. The summed E-state index contributed by atoms with van der Waals surface area (Å²) in [5.41, 5.74) is 3.03. The van der Waals surface area contributed by atoms with E-state index < -0.39 is 0 Å². The van der Waals surface area contributed by atoms with E-state index in [2.05, 4.69) is 31.4 Å². The zero-order valence-corrected chi connectivity index (χ0v) is 20.2. The molecule has 0 radical (unpaired) electrons. The van der Waals surface area contributed by atoms with Crippen LogP contribution in [-0.4, -0.2) is 25.5 Å². The number of nitrogens with zero attached hydrogens (tertiary/aromatic N) is 4. The van der Waals surface area contributed by atoms with E-state index in [1.807, 2.05) is 19.1 Å². The highest BCUT2D eigenvalue weighted by molar-refractivity contribution is 9.10. The molecule has 4 rings (SSSR count). The molecule has 0 spiro atoms. The van der Waals surface area contributed by atoms with Gasteiger partial charge in [-0.3, -0.25) is 9.48 Å². The van der Waals surface area contributed by atoms with Gasteiger partial charge in [0.05, 0.1) is 28.6 Å². The molecular formula is C23H20BrClFN5O2. The molecule has 0 bridgehead atoms. The van der Waals surface area contributed by atoms with Gasteiger partial charge in [0.1, 0.15) is 11.6 Å². The first-order valence-corrected chi connectivity index (χ1v) is 11.2. The molecule has 1 N–H and O–H groups in total. The van der Waals surface area contributed by atoms with Gasteiger partial charge in [-0.2, -0.15) is 10.2 Å². The zero-order chi connectivity index (χ0) is 23.5. The summed E-state index contributed by atoms with van der Waals surface area (Å²) < 4.78 is 23.2. The number of hydrogen-bond donors (Lipinski definition) is 1. The van der Waals surface area contributed by atoms with Gasteiger partial charge in [0.25, 0.3) is 5.91 Å². The third-order valence-corrected chi connectivity index (χ3v) is 5.75. The van der Waals surface area contributed by atoms with Crippen molar-refractivity contribution in [2.75, 3.05) is 5.32 Å². The number of amides is 1. The van der Waals surface area contributed by atoms with Crippen molar-refractivity contribution in [2.45, 2.75) is 27.1 Å². The SMILES string of the molecule is Cc1nn(Cc2cccc(F)c2)c(C)c1NC(=O)c1ccn(COc2ccc(Br)cc2Cl)n1. The monoisotopic (exact) mass is 531 g/mol. The minimum Gasteiger partial charge on any atom is -0.470 e. The molecule has 0 fully saturated rings. The average Bonchev–Trinajstić information content (AvgIpc) is 3.34. The maximum absolute atomic E-state index is 13.5. The Kier molecular flexibility index (Phi) is 6.80. The number of aryl methyl sites for hydroxylation is 1. The van der Waals surface area contributed by atoms with Crippen LogP contribution in [0.15, 0.2) is 59.2 Å². The second-order valence-corrected chi connectivity index (χ2v) is 8.70. The molecular weight excluding hydrogens is 513 g/mol. The van der Waals surface area contributed by atoms with Gasteiger partial charge in [-0.05, 0) is 55.8 Å². The fourth-order valence-electron chi connectivity index (χ4n) is 3.30. The van der Waals surface area contributed by atoms with Crippen LogP contribution in [0.2, 0.25) is 5.02 Å². The summed E-state index contributed by atoms with van der Waals surface area (Å²) in [6.07, 6.45) is 1.65. The Morgan fingerprint density at radius 1 is 1.18 bits per heavy atom. The van der Waals surface area contributed by atoms with Crippen molar-refractivity contribution in [2.24, 2.45) is 0 Å². The smallest absolute Gasteiger partial charge is 0.276 e. The number of carbonyl (C=O) groups is 1. The summed E-state index contributed by atoms with van der Waals surface area (Å²) in [7, 11) is 0. The van der Waals surface area contributed by atoms with Crippen LogP contribution in [0.5, 0.6) is 5.75 Å². The average molecular weight is 533 g/mol. The molecule has 7 nitrogen and oxygen atoms in total. The summed E-state index contributed by atoms with van der Waals surface area (Å²) in [6.45, 7) is 4.14. The number of ether oxygens (including phenoxy) is 1. The minimum absolute atomic E-state index is 0.0955. The molecule has 2 aromatic heterocycles. The van der Waals surface area contributed by atoms with Crippen LogP contribution < -0.4 is 10.1 Å². The predicted octanol–water partition coefficient (Wildman–Crippen LogP) is 5.59. The molecule has 2 aromatic carbocycles. The van der Waals surface area contributed by atoms with Crippen molar-refractivity contribution >= 4 is 39.1 Å². The Morgan fingerprint density at radius 2 is 2.00 bits per heavy atom. The van der Waals surface area contributed by atoms with Crippen LogP contribution in [0, 0.1) is 19.7 Å². The third-order valence-electron chi connectivity index (χ3n) is 4.96. The normalized spacial score (nSPS) is 10.9. The first kappa shape index (κ1) is 23.0. The van der Waals surface area contributed by atoms with Crippen LogP contribution >= 0.6 is 27.5 Å². The van der Waals surface area contributed by atoms with Crippen molar-refractivity contribution in [3.63, 3.8) is 0 Å². The van der Waals surface area contributed by atoms with Crippen LogP contribution in [-0.2, 0) is 13.3 Å². The maximum atomic E-state index is 13.5. The van der Waals surface area contributed by atoms with Gasteiger partial charge in [-0.25, -0.2) is 9.07 Å². The van der Waals surface area contributed by atoms with Crippen molar-refractivity contribution in [1.29, 1.82) is 0 Å². The molecule has 4 aromatic rings. The van der Waals surface area contributed by atoms with E-state index in [-0.39, 0.29) is 24.1 Å². The fourth-order valence-corrected chi connectivity index (χ4v) is 4.03.